The van der Waals surface area contributed by atoms with Crippen LogP contribution in [0.3, 0.4) is 0 Å². The fraction of sp³-hybridized carbons (Fsp3) is 0.483. The molecule has 2 aromatic heterocycles. The topological polar surface area (TPSA) is 96.9 Å². The zero-order valence-corrected chi connectivity index (χ0v) is 23.9. The number of hydrogen-bond acceptors (Lipinski definition) is 7. The van der Waals surface area contributed by atoms with Crippen molar-refractivity contribution in [3.05, 3.63) is 57.5 Å². The molecule has 0 amide bonds. The summed E-state index contributed by atoms with van der Waals surface area (Å²) in [6.07, 6.45) is 9.56. The molecule has 8 nitrogen and oxygen atoms in total. The second-order valence-electron chi connectivity index (χ2n) is 10.5. The van der Waals surface area contributed by atoms with Gasteiger partial charge in [0.25, 0.3) is 0 Å². The van der Waals surface area contributed by atoms with E-state index >= 15 is 0 Å². The fourth-order valence-electron chi connectivity index (χ4n) is 6.13. The Hall–Kier alpha value is -2.99. The average Bonchev–Trinajstić information content (AvgIpc) is 3.55. The molecule has 0 spiro atoms. The van der Waals surface area contributed by atoms with Crippen molar-refractivity contribution in [3.8, 4) is 6.07 Å². The molecule has 0 radical (unpaired) electrons. The van der Waals surface area contributed by atoms with Gasteiger partial charge in [-0.05, 0) is 74.8 Å². The van der Waals surface area contributed by atoms with E-state index in [9.17, 15) is 10.1 Å². The molecule has 2 aliphatic rings. The molecule has 1 aliphatic heterocycles. The maximum Gasteiger partial charge on any atom is 0.305 e. The van der Waals surface area contributed by atoms with E-state index in [4.69, 9.17) is 32.9 Å². The lowest BCUT2D eigenvalue weighted by Gasteiger charge is -2.38. The molecule has 39 heavy (non-hydrogen) atoms. The van der Waals surface area contributed by atoms with Crippen molar-refractivity contribution < 1.29 is 9.53 Å². The maximum atomic E-state index is 11.7. The maximum absolute atomic E-state index is 11.7. The Morgan fingerprint density at radius 2 is 2.13 bits per heavy atom. The van der Waals surface area contributed by atoms with Gasteiger partial charge in [0, 0.05) is 28.5 Å². The van der Waals surface area contributed by atoms with Crippen molar-refractivity contribution in [2.45, 2.75) is 70.5 Å². The van der Waals surface area contributed by atoms with Crippen LogP contribution in [0.2, 0.25) is 10.0 Å². The second-order valence-corrected chi connectivity index (χ2v) is 11.3. The third-order valence-corrected chi connectivity index (χ3v) is 8.72. The van der Waals surface area contributed by atoms with Crippen LogP contribution in [0.4, 0.5) is 0 Å². The van der Waals surface area contributed by atoms with Crippen molar-refractivity contribution >= 4 is 45.9 Å². The normalized spacial score (nSPS) is 22.5. The van der Waals surface area contributed by atoms with Crippen molar-refractivity contribution in [1.29, 1.82) is 5.26 Å². The Kier molecular flexibility index (Phi) is 8.22. The van der Waals surface area contributed by atoms with E-state index in [1.54, 1.807) is 23.0 Å². The number of fused-ring (bicyclic) bond motifs is 1. The first-order valence-electron chi connectivity index (χ1n) is 13.4. The van der Waals surface area contributed by atoms with Gasteiger partial charge in [0.2, 0.25) is 0 Å². The van der Waals surface area contributed by atoms with Crippen LogP contribution in [0.1, 0.15) is 75.4 Å². The quantitative estimate of drug-likeness (QED) is 0.313. The first kappa shape index (κ1) is 27.6. The van der Waals surface area contributed by atoms with E-state index in [2.05, 4.69) is 34.1 Å². The number of likely N-dealkylation sites (tertiary alicyclic amines) is 1. The van der Waals surface area contributed by atoms with Gasteiger partial charge >= 0.3 is 5.97 Å². The first-order chi connectivity index (χ1) is 18.8. The zero-order valence-electron chi connectivity index (χ0n) is 22.4. The standard InChI is InChI=1S/C29H32Cl2N6O2/c1-17-13-19(6-10-26(17)36-12-4-5-21(36)8-11-27(38)39-3)25-16-33-28-24(15-32)35-37(29(28)34-25)18(2)22-9-7-20(30)14-23(22)31/h7,9,13-14,16-18,21,26H,4-6,8,10-12H2,1-3H3. The lowest BCUT2D eigenvalue weighted by Crippen LogP contribution is -2.43. The number of nitrogens with zero attached hydrogens (tertiary/aromatic N) is 6. The number of allylic oxidation sites excluding steroid dienone is 1. The van der Waals surface area contributed by atoms with Gasteiger partial charge in [-0.2, -0.15) is 10.4 Å². The van der Waals surface area contributed by atoms with Crippen LogP contribution in [0.15, 0.2) is 30.5 Å². The molecular weight excluding hydrogens is 535 g/mol. The summed E-state index contributed by atoms with van der Waals surface area (Å²) in [5.74, 6) is 0.192. The molecule has 3 heterocycles. The third kappa shape index (κ3) is 5.54. The molecule has 4 unspecified atom stereocenters. The van der Waals surface area contributed by atoms with E-state index in [0.717, 1.165) is 55.5 Å². The lowest BCUT2D eigenvalue weighted by atomic mass is 9.84. The van der Waals surface area contributed by atoms with Crippen LogP contribution in [0.5, 0.6) is 0 Å². The fourth-order valence-corrected chi connectivity index (χ4v) is 6.70. The molecule has 4 atom stereocenters. The smallest absolute Gasteiger partial charge is 0.305 e. The SMILES string of the molecule is COC(=O)CCC1CCCN1C1CCC(c2cnc3c(C#N)nn(C(C)c4ccc(Cl)cc4Cl)c3n2)=CC1C. The molecule has 204 valence electrons. The third-order valence-electron chi connectivity index (χ3n) is 8.16. The largest absolute Gasteiger partial charge is 0.469 e. The molecule has 0 N–H and O–H groups in total. The van der Waals surface area contributed by atoms with Crippen LogP contribution in [-0.2, 0) is 9.53 Å². The van der Waals surface area contributed by atoms with Gasteiger partial charge in [-0.3, -0.25) is 9.69 Å². The van der Waals surface area contributed by atoms with Crippen molar-refractivity contribution in [2.75, 3.05) is 13.7 Å². The highest BCUT2D eigenvalue weighted by atomic mass is 35.5. The number of nitriles is 1. The van der Waals surface area contributed by atoms with Crippen LogP contribution in [0.25, 0.3) is 16.7 Å². The van der Waals surface area contributed by atoms with Crippen LogP contribution in [-0.4, -0.2) is 56.4 Å². The van der Waals surface area contributed by atoms with Crippen molar-refractivity contribution in [1.82, 2.24) is 24.6 Å². The minimum Gasteiger partial charge on any atom is -0.469 e. The van der Waals surface area contributed by atoms with E-state index in [1.165, 1.54) is 7.11 Å². The van der Waals surface area contributed by atoms with E-state index in [0.29, 0.717) is 45.6 Å². The summed E-state index contributed by atoms with van der Waals surface area (Å²) in [5.41, 5.74) is 4.06. The lowest BCUT2D eigenvalue weighted by molar-refractivity contribution is -0.141. The molecule has 1 aliphatic carbocycles. The summed E-state index contributed by atoms with van der Waals surface area (Å²) >= 11 is 12.6. The molecule has 10 heteroatoms. The van der Waals surface area contributed by atoms with Gasteiger partial charge < -0.3 is 4.74 Å². The number of rotatable bonds is 7. The summed E-state index contributed by atoms with van der Waals surface area (Å²) in [5, 5.41) is 15.3. The number of carbonyl (C=O) groups excluding carboxylic acids is 1. The minimum absolute atomic E-state index is 0.138. The predicted octanol–water partition coefficient (Wildman–Crippen LogP) is 6.21. The number of aromatic nitrogens is 4. The molecular formula is C29H32Cl2N6O2. The highest BCUT2D eigenvalue weighted by Crippen LogP contribution is 2.37. The summed E-state index contributed by atoms with van der Waals surface area (Å²) in [6, 6.07) is 8.09. The average molecular weight is 568 g/mol. The number of hydrogen-bond donors (Lipinski definition) is 0. The van der Waals surface area contributed by atoms with Crippen LogP contribution < -0.4 is 0 Å². The Balaban J connectivity index is 1.41. The molecule has 1 saturated heterocycles. The molecule has 5 rings (SSSR count). The van der Waals surface area contributed by atoms with Crippen molar-refractivity contribution in [2.24, 2.45) is 5.92 Å². The summed E-state index contributed by atoms with van der Waals surface area (Å²) in [4.78, 5) is 23.9. The van der Waals surface area contributed by atoms with Crippen molar-refractivity contribution in [3.63, 3.8) is 0 Å². The summed E-state index contributed by atoms with van der Waals surface area (Å²) in [7, 11) is 1.45. The highest BCUT2D eigenvalue weighted by Gasteiger charge is 2.35. The van der Waals surface area contributed by atoms with E-state index in [1.807, 2.05) is 13.0 Å². The zero-order chi connectivity index (χ0) is 27.7. The minimum atomic E-state index is -0.273. The Morgan fingerprint density at radius 3 is 2.85 bits per heavy atom. The number of ether oxygens (including phenoxy) is 1. The van der Waals surface area contributed by atoms with E-state index < -0.39 is 0 Å². The van der Waals surface area contributed by atoms with Crippen LogP contribution in [0, 0.1) is 17.2 Å². The summed E-state index contributed by atoms with van der Waals surface area (Å²) in [6.45, 7) is 5.29. The van der Waals surface area contributed by atoms with Gasteiger partial charge in [0.05, 0.1) is 25.0 Å². The Morgan fingerprint density at radius 1 is 1.31 bits per heavy atom. The first-order valence-corrected chi connectivity index (χ1v) is 14.2. The molecule has 0 bridgehead atoms. The number of halogens is 2. The van der Waals surface area contributed by atoms with E-state index in [-0.39, 0.29) is 17.7 Å². The number of carbonyl (C=O) groups is 1. The predicted molar refractivity (Wildman–Crippen MR) is 151 cm³/mol. The molecule has 1 fully saturated rings. The molecule has 1 aromatic carbocycles. The second kappa shape index (κ2) is 11.6. The van der Waals surface area contributed by atoms with Gasteiger partial charge in [-0.1, -0.05) is 42.3 Å². The number of benzene rings is 1. The van der Waals surface area contributed by atoms with Gasteiger partial charge in [0.1, 0.15) is 11.6 Å². The molecule has 0 saturated carbocycles. The monoisotopic (exact) mass is 566 g/mol. The van der Waals surface area contributed by atoms with Crippen LogP contribution >= 0.6 is 23.2 Å². The van der Waals surface area contributed by atoms with Gasteiger partial charge in [0.15, 0.2) is 11.3 Å². The highest BCUT2D eigenvalue weighted by molar-refractivity contribution is 6.35. The Bertz CT molecular complexity index is 1460. The van der Waals surface area contributed by atoms with Gasteiger partial charge in [-0.25, -0.2) is 14.6 Å². The summed E-state index contributed by atoms with van der Waals surface area (Å²) < 4.78 is 6.58. The number of esters is 1. The molecule has 3 aromatic rings. The van der Waals surface area contributed by atoms with Gasteiger partial charge in [-0.15, -0.1) is 0 Å². The number of methoxy groups -OCH3 is 1. The Labute approximate surface area is 238 Å².